The number of benzene rings is 1. The molecule has 0 saturated heterocycles. The minimum atomic E-state index is -0.186. The Balaban J connectivity index is 2.12. The molecule has 1 N–H and O–H groups in total. The maximum atomic E-state index is 13.7. The maximum absolute atomic E-state index is 13.7. The molecular weight excluding hydrogens is 217 g/mol. The molecule has 0 spiro atoms. The molecule has 0 atom stereocenters. The zero-order chi connectivity index (χ0) is 12.4. The van der Waals surface area contributed by atoms with E-state index < -0.39 is 0 Å². The van der Waals surface area contributed by atoms with Crippen molar-refractivity contribution in [3.63, 3.8) is 0 Å². The summed E-state index contributed by atoms with van der Waals surface area (Å²) in [5, 5.41) is 7.34. The fourth-order valence-corrected chi connectivity index (χ4v) is 1.80. The maximum Gasteiger partial charge on any atom is 0.149 e. The van der Waals surface area contributed by atoms with Gasteiger partial charge in [-0.05, 0) is 25.5 Å². The van der Waals surface area contributed by atoms with Gasteiger partial charge in [0, 0.05) is 25.4 Å². The van der Waals surface area contributed by atoms with E-state index in [2.05, 4.69) is 10.4 Å². The normalized spacial score (nSPS) is 10.6. The molecular formula is C13H16FN3. The number of anilines is 1. The van der Waals surface area contributed by atoms with Gasteiger partial charge in [0.05, 0.1) is 11.4 Å². The van der Waals surface area contributed by atoms with Crippen molar-refractivity contribution in [2.75, 3.05) is 5.32 Å². The van der Waals surface area contributed by atoms with Crippen LogP contribution >= 0.6 is 0 Å². The highest BCUT2D eigenvalue weighted by atomic mass is 19.1. The number of nitrogens with zero attached hydrogens (tertiary/aromatic N) is 2. The lowest BCUT2D eigenvalue weighted by molar-refractivity contribution is 0.621. The highest BCUT2D eigenvalue weighted by molar-refractivity contribution is 5.47. The van der Waals surface area contributed by atoms with E-state index in [-0.39, 0.29) is 5.82 Å². The molecule has 0 unspecified atom stereocenters. The second kappa shape index (κ2) is 4.57. The van der Waals surface area contributed by atoms with Gasteiger partial charge in [-0.1, -0.05) is 12.1 Å². The van der Waals surface area contributed by atoms with Crippen LogP contribution in [0.5, 0.6) is 0 Å². The van der Waals surface area contributed by atoms with Crippen molar-refractivity contribution in [3.05, 3.63) is 47.0 Å². The van der Waals surface area contributed by atoms with Crippen LogP contribution in [0.2, 0.25) is 0 Å². The highest BCUT2D eigenvalue weighted by Gasteiger charge is 2.06. The number of rotatable bonds is 3. The first-order chi connectivity index (χ1) is 8.08. The van der Waals surface area contributed by atoms with E-state index in [4.69, 9.17) is 0 Å². The van der Waals surface area contributed by atoms with Gasteiger partial charge < -0.3 is 5.32 Å². The topological polar surface area (TPSA) is 29.9 Å². The summed E-state index contributed by atoms with van der Waals surface area (Å²) in [5.74, 6) is -0.186. The Morgan fingerprint density at radius 2 is 2.12 bits per heavy atom. The zero-order valence-corrected chi connectivity index (χ0v) is 10.3. The molecule has 2 aromatic rings. The standard InChI is InChI=1S/C13H16FN3/c1-9-5-4-6-12(13(9)14)15-7-11-8-17(3)16-10(11)2/h4-6,8,15H,7H2,1-3H3. The van der Waals surface area contributed by atoms with Crippen LogP contribution in [-0.2, 0) is 13.6 Å². The Kier molecular flexibility index (Phi) is 3.13. The number of hydrogen-bond donors (Lipinski definition) is 1. The van der Waals surface area contributed by atoms with E-state index in [9.17, 15) is 4.39 Å². The zero-order valence-electron chi connectivity index (χ0n) is 10.3. The van der Waals surface area contributed by atoms with Crippen LogP contribution in [0, 0.1) is 19.7 Å². The molecule has 0 radical (unpaired) electrons. The van der Waals surface area contributed by atoms with Gasteiger partial charge in [0.25, 0.3) is 0 Å². The summed E-state index contributed by atoms with van der Waals surface area (Å²) in [6.45, 7) is 4.29. The molecule has 4 heteroatoms. The van der Waals surface area contributed by atoms with Crippen LogP contribution in [0.4, 0.5) is 10.1 Å². The smallest absolute Gasteiger partial charge is 0.149 e. The van der Waals surface area contributed by atoms with E-state index >= 15 is 0 Å². The molecule has 0 aliphatic rings. The molecule has 1 aromatic heterocycles. The molecule has 0 aliphatic carbocycles. The van der Waals surface area contributed by atoms with Crippen molar-refractivity contribution < 1.29 is 4.39 Å². The molecule has 0 bridgehead atoms. The van der Waals surface area contributed by atoms with E-state index in [1.54, 1.807) is 23.7 Å². The molecule has 3 nitrogen and oxygen atoms in total. The van der Waals surface area contributed by atoms with Crippen molar-refractivity contribution >= 4 is 5.69 Å². The van der Waals surface area contributed by atoms with E-state index in [1.807, 2.05) is 26.2 Å². The van der Waals surface area contributed by atoms with Gasteiger partial charge in [-0.3, -0.25) is 4.68 Å². The third-order valence-electron chi connectivity index (χ3n) is 2.78. The van der Waals surface area contributed by atoms with Gasteiger partial charge in [0.2, 0.25) is 0 Å². The van der Waals surface area contributed by atoms with Crippen molar-refractivity contribution in [2.24, 2.45) is 7.05 Å². The van der Waals surface area contributed by atoms with Crippen LogP contribution < -0.4 is 5.32 Å². The Bertz CT molecular complexity index is 531. The van der Waals surface area contributed by atoms with Crippen LogP contribution in [0.1, 0.15) is 16.8 Å². The number of hydrogen-bond acceptors (Lipinski definition) is 2. The molecule has 0 fully saturated rings. The van der Waals surface area contributed by atoms with E-state index in [1.165, 1.54) is 0 Å². The van der Waals surface area contributed by atoms with Gasteiger partial charge in [-0.15, -0.1) is 0 Å². The van der Waals surface area contributed by atoms with Crippen molar-refractivity contribution in [1.82, 2.24) is 9.78 Å². The molecule has 0 saturated carbocycles. The van der Waals surface area contributed by atoms with Crippen molar-refractivity contribution in [3.8, 4) is 0 Å². The predicted octanol–water partition coefficient (Wildman–Crippen LogP) is 2.79. The molecule has 2 rings (SSSR count). The highest BCUT2D eigenvalue weighted by Crippen LogP contribution is 2.18. The fraction of sp³-hybridized carbons (Fsp3) is 0.308. The Morgan fingerprint density at radius 1 is 1.35 bits per heavy atom. The first-order valence-corrected chi connectivity index (χ1v) is 5.56. The summed E-state index contributed by atoms with van der Waals surface area (Å²) in [6.07, 6.45) is 1.94. The lowest BCUT2D eigenvalue weighted by atomic mass is 10.2. The van der Waals surface area contributed by atoms with Crippen LogP contribution in [0.15, 0.2) is 24.4 Å². The van der Waals surface area contributed by atoms with Crippen molar-refractivity contribution in [1.29, 1.82) is 0 Å². The summed E-state index contributed by atoms with van der Waals surface area (Å²) in [4.78, 5) is 0. The quantitative estimate of drug-likeness (QED) is 0.883. The van der Waals surface area contributed by atoms with Crippen LogP contribution in [0.3, 0.4) is 0 Å². The minimum Gasteiger partial charge on any atom is -0.378 e. The molecule has 17 heavy (non-hydrogen) atoms. The molecule has 90 valence electrons. The van der Waals surface area contributed by atoms with E-state index in [0.717, 1.165) is 11.3 Å². The summed E-state index contributed by atoms with van der Waals surface area (Å²) >= 11 is 0. The molecule has 0 aliphatic heterocycles. The predicted molar refractivity (Wildman–Crippen MR) is 66.4 cm³/mol. The Morgan fingerprint density at radius 3 is 2.76 bits per heavy atom. The summed E-state index contributed by atoms with van der Waals surface area (Å²) in [5.41, 5.74) is 3.23. The Labute approximate surface area is 100 Å². The summed E-state index contributed by atoms with van der Waals surface area (Å²) in [7, 11) is 1.88. The third-order valence-corrected chi connectivity index (χ3v) is 2.78. The largest absolute Gasteiger partial charge is 0.378 e. The number of halogens is 1. The average Bonchev–Trinajstić information content (AvgIpc) is 2.60. The van der Waals surface area contributed by atoms with E-state index in [0.29, 0.717) is 17.8 Å². The number of aromatic nitrogens is 2. The van der Waals surface area contributed by atoms with Gasteiger partial charge in [-0.2, -0.15) is 5.10 Å². The molecule has 1 aromatic carbocycles. The first-order valence-electron chi connectivity index (χ1n) is 5.56. The lowest BCUT2D eigenvalue weighted by Crippen LogP contribution is -2.02. The third kappa shape index (κ3) is 2.46. The number of nitrogens with one attached hydrogen (secondary N) is 1. The number of aryl methyl sites for hydroxylation is 3. The Hall–Kier alpha value is -1.84. The SMILES string of the molecule is Cc1cccc(NCc2cn(C)nc2C)c1F. The van der Waals surface area contributed by atoms with Crippen molar-refractivity contribution in [2.45, 2.75) is 20.4 Å². The van der Waals surface area contributed by atoms with Gasteiger partial charge in [0.1, 0.15) is 5.82 Å². The van der Waals surface area contributed by atoms with Gasteiger partial charge in [0.15, 0.2) is 0 Å². The monoisotopic (exact) mass is 233 g/mol. The second-order valence-corrected chi connectivity index (χ2v) is 4.20. The van der Waals surface area contributed by atoms with Gasteiger partial charge >= 0.3 is 0 Å². The first kappa shape index (κ1) is 11.6. The summed E-state index contributed by atoms with van der Waals surface area (Å²) < 4.78 is 15.5. The summed E-state index contributed by atoms with van der Waals surface area (Å²) in [6, 6.07) is 5.35. The molecule has 0 amide bonds. The fourth-order valence-electron chi connectivity index (χ4n) is 1.80. The van der Waals surface area contributed by atoms with Crippen LogP contribution in [0.25, 0.3) is 0 Å². The average molecular weight is 233 g/mol. The second-order valence-electron chi connectivity index (χ2n) is 4.20. The van der Waals surface area contributed by atoms with Gasteiger partial charge in [-0.25, -0.2) is 4.39 Å². The minimum absolute atomic E-state index is 0.186. The molecule has 1 heterocycles. The lowest BCUT2D eigenvalue weighted by Gasteiger charge is -2.08. The van der Waals surface area contributed by atoms with Crippen LogP contribution in [-0.4, -0.2) is 9.78 Å².